The average molecular weight is 276 g/mol. The standard InChI is InChI=1S/C14H17FN4O/c15-12-7-11(8-17-9-12)13-3-6-18-19(13)14(20)10-1-4-16-5-2-10/h6-10,13,16H,1-5H2. The summed E-state index contributed by atoms with van der Waals surface area (Å²) in [6.45, 7) is 1.72. The number of carbonyl (C=O) groups is 1. The first-order valence-electron chi connectivity index (χ1n) is 6.92. The monoisotopic (exact) mass is 276 g/mol. The summed E-state index contributed by atoms with van der Waals surface area (Å²) in [5.74, 6) is -0.339. The van der Waals surface area contributed by atoms with Crippen molar-refractivity contribution in [3.8, 4) is 0 Å². The number of aromatic nitrogens is 1. The van der Waals surface area contributed by atoms with Crippen molar-refractivity contribution in [1.82, 2.24) is 15.3 Å². The van der Waals surface area contributed by atoms with Crippen molar-refractivity contribution < 1.29 is 9.18 Å². The van der Waals surface area contributed by atoms with Gasteiger partial charge in [0.05, 0.1) is 12.2 Å². The largest absolute Gasteiger partial charge is 0.317 e. The Balaban J connectivity index is 1.77. The van der Waals surface area contributed by atoms with Gasteiger partial charge in [0.2, 0.25) is 5.91 Å². The van der Waals surface area contributed by atoms with Crippen LogP contribution < -0.4 is 5.32 Å². The lowest BCUT2D eigenvalue weighted by molar-refractivity contribution is -0.138. The van der Waals surface area contributed by atoms with Crippen LogP contribution in [0.3, 0.4) is 0 Å². The lowest BCUT2D eigenvalue weighted by atomic mass is 9.96. The van der Waals surface area contributed by atoms with Crippen LogP contribution in [0.2, 0.25) is 0 Å². The van der Waals surface area contributed by atoms with Gasteiger partial charge in [0, 0.05) is 24.8 Å². The smallest absolute Gasteiger partial charge is 0.246 e. The van der Waals surface area contributed by atoms with Gasteiger partial charge in [-0.2, -0.15) is 5.10 Å². The molecule has 0 aliphatic carbocycles. The molecule has 1 aromatic heterocycles. The molecular formula is C14H17FN4O. The van der Waals surface area contributed by atoms with Gasteiger partial charge < -0.3 is 5.32 Å². The van der Waals surface area contributed by atoms with Crippen molar-refractivity contribution in [2.75, 3.05) is 13.1 Å². The highest BCUT2D eigenvalue weighted by molar-refractivity contribution is 5.82. The van der Waals surface area contributed by atoms with E-state index in [-0.39, 0.29) is 23.7 Å². The zero-order valence-corrected chi connectivity index (χ0v) is 11.1. The first kappa shape index (κ1) is 13.2. The molecule has 0 aromatic carbocycles. The number of halogens is 1. The fraction of sp³-hybridized carbons (Fsp3) is 0.500. The van der Waals surface area contributed by atoms with Crippen LogP contribution in [0.15, 0.2) is 23.6 Å². The molecule has 1 saturated heterocycles. The van der Waals surface area contributed by atoms with Gasteiger partial charge >= 0.3 is 0 Å². The predicted octanol–water partition coefficient (Wildman–Crippen LogP) is 1.48. The molecular weight excluding hydrogens is 259 g/mol. The molecule has 1 unspecified atom stereocenters. The third-order valence-electron chi connectivity index (χ3n) is 3.85. The molecule has 2 aliphatic rings. The van der Waals surface area contributed by atoms with Crippen LogP contribution in [0.1, 0.15) is 30.9 Å². The van der Waals surface area contributed by atoms with Crippen molar-refractivity contribution in [2.45, 2.75) is 25.3 Å². The van der Waals surface area contributed by atoms with Gasteiger partial charge in [-0.05, 0) is 37.6 Å². The Bertz CT molecular complexity index is 528. The average Bonchev–Trinajstić information content (AvgIpc) is 2.97. The lowest BCUT2D eigenvalue weighted by Gasteiger charge is -2.28. The molecule has 0 radical (unpaired) electrons. The van der Waals surface area contributed by atoms with E-state index in [2.05, 4.69) is 15.4 Å². The van der Waals surface area contributed by atoms with E-state index < -0.39 is 0 Å². The third-order valence-corrected chi connectivity index (χ3v) is 3.85. The Morgan fingerprint density at radius 1 is 1.35 bits per heavy atom. The third kappa shape index (κ3) is 2.56. The first-order chi connectivity index (χ1) is 9.75. The number of pyridine rings is 1. The van der Waals surface area contributed by atoms with Crippen LogP contribution in [-0.2, 0) is 4.79 Å². The molecule has 1 N–H and O–H groups in total. The summed E-state index contributed by atoms with van der Waals surface area (Å²) in [4.78, 5) is 16.4. The molecule has 1 fully saturated rings. The Labute approximate surface area is 116 Å². The lowest BCUT2D eigenvalue weighted by Crippen LogP contribution is -2.39. The summed E-state index contributed by atoms with van der Waals surface area (Å²) < 4.78 is 13.3. The summed E-state index contributed by atoms with van der Waals surface area (Å²) >= 11 is 0. The normalized spacial score (nSPS) is 23.2. The Hall–Kier alpha value is -1.82. The Morgan fingerprint density at radius 2 is 2.15 bits per heavy atom. The van der Waals surface area contributed by atoms with Crippen LogP contribution in [-0.4, -0.2) is 35.2 Å². The second-order valence-corrected chi connectivity index (χ2v) is 5.19. The predicted molar refractivity (Wildman–Crippen MR) is 72.5 cm³/mol. The molecule has 0 saturated carbocycles. The molecule has 20 heavy (non-hydrogen) atoms. The van der Waals surface area contributed by atoms with Crippen LogP contribution in [0, 0.1) is 11.7 Å². The molecule has 6 heteroatoms. The number of rotatable bonds is 2. The highest BCUT2D eigenvalue weighted by atomic mass is 19.1. The molecule has 1 atom stereocenters. The minimum absolute atomic E-state index is 0.00974. The van der Waals surface area contributed by atoms with Gasteiger partial charge in [-0.1, -0.05) is 0 Å². The summed E-state index contributed by atoms with van der Waals surface area (Å²) in [5.41, 5.74) is 0.699. The molecule has 0 bridgehead atoms. The zero-order chi connectivity index (χ0) is 13.9. The molecule has 3 rings (SSSR count). The minimum Gasteiger partial charge on any atom is -0.317 e. The molecule has 2 aliphatic heterocycles. The maximum Gasteiger partial charge on any atom is 0.246 e. The summed E-state index contributed by atoms with van der Waals surface area (Å²) in [7, 11) is 0. The Morgan fingerprint density at radius 3 is 2.90 bits per heavy atom. The van der Waals surface area contributed by atoms with Crippen molar-refractivity contribution in [3.63, 3.8) is 0 Å². The van der Waals surface area contributed by atoms with Crippen LogP contribution in [0.4, 0.5) is 4.39 Å². The fourth-order valence-electron chi connectivity index (χ4n) is 2.77. The summed E-state index contributed by atoms with van der Waals surface area (Å²) in [6.07, 6.45) is 6.76. The molecule has 0 spiro atoms. The molecule has 106 valence electrons. The molecule has 3 heterocycles. The van der Waals surface area contributed by atoms with E-state index in [0.29, 0.717) is 12.0 Å². The number of hydrogen-bond donors (Lipinski definition) is 1. The highest BCUT2D eigenvalue weighted by Gasteiger charge is 2.33. The maximum absolute atomic E-state index is 13.3. The van der Waals surface area contributed by atoms with E-state index in [1.165, 1.54) is 11.1 Å². The summed E-state index contributed by atoms with van der Waals surface area (Å²) in [5, 5.41) is 8.93. The number of nitrogens with one attached hydrogen (secondary N) is 1. The number of nitrogens with zero attached hydrogens (tertiary/aromatic N) is 3. The van der Waals surface area contributed by atoms with Gasteiger partial charge in [0.1, 0.15) is 5.82 Å². The van der Waals surface area contributed by atoms with Gasteiger partial charge in [0.25, 0.3) is 0 Å². The molecule has 1 amide bonds. The first-order valence-corrected chi connectivity index (χ1v) is 6.92. The zero-order valence-electron chi connectivity index (χ0n) is 11.1. The van der Waals surface area contributed by atoms with E-state index in [1.807, 2.05) is 0 Å². The highest BCUT2D eigenvalue weighted by Crippen LogP contribution is 2.30. The van der Waals surface area contributed by atoms with Crippen LogP contribution in [0.25, 0.3) is 0 Å². The Kier molecular flexibility index (Phi) is 3.73. The number of carbonyl (C=O) groups excluding carboxylic acids is 1. The van der Waals surface area contributed by atoms with Gasteiger partial charge in [0.15, 0.2) is 0 Å². The van der Waals surface area contributed by atoms with E-state index in [4.69, 9.17) is 0 Å². The molecule has 5 nitrogen and oxygen atoms in total. The van der Waals surface area contributed by atoms with Gasteiger partial charge in [-0.15, -0.1) is 0 Å². The number of amides is 1. The van der Waals surface area contributed by atoms with E-state index in [9.17, 15) is 9.18 Å². The second kappa shape index (κ2) is 5.66. The molecule has 1 aromatic rings. The van der Waals surface area contributed by atoms with Crippen molar-refractivity contribution in [1.29, 1.82) is 0 Å². The number of piperidine rings is 1. The van der Waals surface area contributed by atoms with Gasteiger partial charge in [-0.25, -0.2) is 9.40 Å². The summed E-state index contributed by atoms with van der Waals surface area (Å²) in [6, 6.07) is 1.20. The van der Waals surface area contributed by atoms with Crippen molar-refractivity contribution in [3.05, 3.63) is 29.8 Å². The van der Waals surface area contributed by atoms with E-state index >= 15 is 0 Å². The van der Waals surface area contributed by atoms with Crippen LogP contribution >= 0.6 is 0 Å². The quantitative estimate of drug-likeness (QED) is 0.890. The van der Waals surface area contributed by atoms with Crippen molar-refractivity contribution in [2.24, 2.45) is 11.0 Å². The second-order valence-electron chi connectivity index (χ2n) is 5.19. The van der Waals surface area contributed by atoms with E-state index in [1.54, 1.807) is 12.4 Å². The topological polar surface area (TPSA) is 57.6 Å². The van der Waals surface area contributed by atoms with Gasteiger partial charge in [-0.3, -0.25) is 9.78 Å². The maximum atomic E-state index is 13.3. The minimum atomic E-state index is -0.385. The number of hydrazone groups is 1. The number of hydrogen-bond acceptors (Lipinski definition) is 4. The fourth-order valence-corrected chi connectivity index (χ4v) is 2.77. The van der Waals surface area contributed by atoms with Crippen LogP contribution in [0.5, 0.6) is 0 Å². The van der Waals surface area contributed by atoms with E-state index in [0.717, 1.165) is 32.1 Å². The SMILES string of the molecule is O=C(C1CCNCC1)N1N=CCC1c1cncc(F)c1. The van der Waals surface area contributed by atoms with Crippen molar-refractivity contribution >= 4 is 12.1 Å².